The Morgan fingerprint density at radius 3 is 1.55 bits per heavy atom. The molecule has 9 heteroatoms. The first-order valence-electron chi connectivity index (χ1n) is 21.8. The smallest absolute Gasteiger partial charge is 0.306 e. The van der Waals surface area contributed by atoms with Crippen LogP contribution < -0.4 is 5.11 Å². The number of esters is 2. The topological polar surface area (TPSA) is 111 Å². The number of likely N-dealkylation sites (N-methyl/N-ethyl adjacent to an activating group) is 1. The quantitative estimate of drug-likeness (QED) is 0.0200. The summed E-state index contributed by atoms with van der Waals surface area (Å²) < 4.78 is 22.4. The molecule has 318 valence electrons. The molecule has 55 heavy (non-hydrogen) atoms. The molecule has 0 saturated carbocycles. The Hall–Kier alpha value is -2.75. The summed E-state index contributed by atoms with van der Waals surface area (Å²) in [5, 5.41) is 11.6. The summed E-state index contributed by atoms with van der Waals surface area (Å²) in [6, 6.07) is 0. The number of carboxylic acids is 1. The van der Waals surface area contributed by atoms with Gasteiger partial charge in [0.05, 0.1) is 40.3 Å². The second-order valence-electron chi connectivity index (χ2n) is 15.6. The maximum Gasteiger partial charge on any atom is 0.306 e. The Morgan fingerprint density at radius 1 is 0.564 bits per heavy atom. The van der Waals surface area contributed by atoms with Gasteiger partial charge in [-0.25, -0.2) is 0 Å². The van der Waals surface area contributed by atoms with Crippen LogP contribution in [0.2, 0.25) is 0 Å². The number of rotatable bonds is 39. The van der Waals surface area contributed by atoms with Crippen molar-refractivity contribution in [1.82, 2.24) is 0 Å². The van der Waals surface area contributed by atoms with Gasteiger partial charge in [0, 0.05) is 12.8 Å². The van der Waals surface area contributed by atoms with E-state index in [1.165, 1.54) is 64.2 Å². The van der Waals surface area contributed by atoms with E-state index in [4.69, 9.17) is 18.9 Å². The predicted molar refractivity (Wildman–Crippen MR) is 223 cm³/mol. The maximum atomic E-state index is 12.7. The van der Waals surface area contributed by atoms with E-state index in [-0.39, 0.29) is 38.6 Å². The number of ether oxygens (including phenoxy) is 4. The third kappa shape index (κ3) is 39.3. The molecule has 0 saturated heterocycles. The summed E-state index contributed by atoms with van der Waals surface area (Å²) in [5.41, 5.74) is 0. The van der Waals surface area contributed by atoms with Crippen LogP contribution in [-0.4, -0.2) is 82.3 Å². The second kappa shape index (κ2) is 38.1. The molecule has 0 aliphatic heterocycles. The first kappa shape index (κ1) is 52.2. The van der Waals surface area contributed by atoms with Gasteiger partial charge in [-0.05, 0) is 51.4 Å². The molecule has 0 N–H and O–H groups in total. The zero-order chi connectivity index (χ0) is 40.7. The molecule has 2 unspecified atom stereocenters. The minimum Gasteiger partial charge on any atom is -0.545 e. The van der Waals surface area contributed by atoms with E-state index in [1.54, 1.807) is 0 Å². The van der Waals surface area contributed by atoms with E-state index in [9.17, 15) is 19.5 Å². The number of hydrogen-bond donors (Lipinski definition) is 0. The molecule has 0 amide bonds. The average Bonchev–Trinajstić information content (AvgIpc) is 3.14. The average molecular weight is 776 g/mol. The van der Waals surface area contributed by atoms with Gasteiger partial charge in [-0.1, -0.05) is 152 Å². The molecule has 0 radical (unpaired) electrons. The van der Waals surface area contributed by atoms with Crippen molar-refractivity contribution in [3.63, 3.8) is 0 Å². The number of carbonyl (C=O) groups is 3. The third-order valence-corrected chi connectivity index (χ3v) is 9.09. The fourth-order valence-electron chi connectivity index (χ4n) is 5.70. The highest BCUT2D eigenvalue weighted by molar-refractivity contribution is 5.70. The molecule has 0 bridgehead atoms. The third-order valence-electron chi connectivity index (χ3n) is 9.09. The normalized spacial score (nSPS) is 13.4. The molecule has 2 atom stereocenters. The SMILES string of the molecule is CC/C=C\C/C=C\C/C=C\C/C=C\CCCCCCCCCCCCC(=O)OC(COC(=O)CCCCCCCCC)COC(OCC[N+](C)(C)C)C(=O)[O-]. The molecular formula is C46H81NO8. The van der Waals surface area contributed by atoms with Gasteiger partial charge in [0.1, 0.15) is 13.2 Å². The molecule has 0 fully saturated rings. The zero-order valence-corrected chi connectivity index (χ0v) is 35.8. The van der Waals surface area contributed by atoms with Gasteiger partial charge in [0.15, 0.2) is 12.4 Å². The maximum absolute atomic E-state index is 12.7. The lowest BCUT2D eigenvalue weighted by molar-refractivity contribution is -0.870. The van der Waals surface area contributed by atoms with Crippen LogP contribution in [0.15, 0.2) is 48.6 Å². The number of allylic oxidation sites excluding steroid dienone is 8. The Balaban J connectivity index is 4.28. The molecule has 0 spiro atoms. The van der Waals surface area contributed by atoms with Crippen molar-refractivity contribution in [2.75, 3.05) is 47.5 Å². The lowest BCUT2D eigenvalue weighted by atomic mass is 10.0. The Kier molecular flexibility index (Phi) is 36.2. The Morgan fingerprint density at radius 2 is 1.04 bits per heavy atom. The van der Waals surface area contributed by atoms with Gasteiger partial charge in [-0.15, -0.1) is 0 Å². The van der Waals surface area contributed by atoms with Gasteiger partial charge in [0.25, 0.3) is 0 Å². The first-order chi connectivity index (χ1) is 26.6. The van der Waals surface area contributed by atoms with E-state index >= 15 is 0 Å². The predicted octanol–water partition coefficient (Wildman–Crippen LogP) is 9.88. The van der Waals surface area contributed by atoms with Gasteiger partial charge in [-0.3, -0.25) is 9.59 Å². The number of quaternary nitrogens is 1. The van der Waals surface area contributed by atoms with Crippen LogP contribution in [0.5, 0.6) is 0 Å². The molecule has 0 heterocycles. The summed E-state index contributed by atoms with van der Waals surface area (Å²) in [5.74, 6) is -2.30. The molecular weight excluding hydrogens is 695 g/mol. The van der Waals surface area contributed by atoms with Crippen LogP contribution in [0, 0.1) is 0 Å². The highest BCUT2D eigenvalue weighted by Crippen LogP contribution is 2.14. The Labute approximate surface area is 336 Å². The first-order valence-corrected chi connectivity index (χ1v) is 21.8. The summed E-state index contributed by atoms with van der Waals surface area (Å²) in [7, 11) is 5.89. The van der Waals surface area contributed by atoms with E-state index < -0.39 is 24.3 Å². The molecule has 0 aliphatic carbocycles. The summed E-state index contributed by atoms with van der Waals surface area (Å²) in [6.45, 7) is 4.56. The van der Waals surface area contributed by atoms with E-state index in [0.29, 0.717) is 17.4 Å². The van der Waals surface area contributed by atoms with E-state index in [2.05, 4.69) is 62.5 Å². The van der Waals surface area contributed by atoms with Crippen molar-refractivity contribution < 1.29 is 42.9 Å². The number of unbranched alkanes of at least 4 members (excludes halogenated alkanes) is 16. The standard InChI is InChI=1S/C46H81NO8/c1-6-8-10-12-14-15-16-17-18-19-20-21-22-23-24-25-26-27-28-29-31-33-35-37-44(49)55-42(40-53-43(48)36-34-32-30-13-11-9-7-2)41-54-46(45(50)51)52-39-38-47(3,4)5/h8,10,14-15,17-18,20-21,42,46H,6-7,9,11-13,16,19,22-41H2,1-5H3/b10-8-,15-14-,18-17-,21-20-. The second-order valence-corrected chi connectivity index (χ2v) is 15.6. The number of nitrogens with zero attached hydrogens (tertiary/aromatic N) is 1. The molecule has 9 nitrogen and oxygen atoms in total. The Bertz CT molecular complexity index is 1050. The molecule has 0 rings (SSSR count). The van der Waals surface area contributed by atoms with Crippen molar-refractivity contribution in [2.45, 2.75) is 180 Å². The minimum absolute atomic E-state index is 0.146. The number of carbonyl (C=O) groups excluding carboxylic acids is 3. The summed E-state index contributed by atoms with van der Waals surface area (Å²) in [6.07, 6.45) is 40.2. The zero-order valence-electron chi connectivity index (χ0n) is 35.8. The lowest BCUT2D eigenvalue weighted by Gasteiger charge is -2.26. The highest BCUT2D eigenvalue weighted by atomic mass is 16.7. The molecule has 0 aliphatic rings. The van der Waals surface area contributed by atoms with Crippen molar-refractivity contribution in [2.24, 2.45) is 0 Å². The number of carboxylic acid groups (broad SMARTS) is 1. The van der Waals surface area contributed by atoms with Crippen LogP contribution in [0.25, 0.3) is 0 Å². The monoisotopic (exact) mass is 776 g/mol. The van der Waals surface area contributed by atoms with Crippen LogP contribution in [0.4, 0.5) is 0 Å². The van der Waals surface area contributed by atoms with Gasteiger partial charge in [0.2, 0.25) is 0 Å². The summed E-state index contributed by atoms with van der Waals surface area (Å²) >= 11 is 0. The van der Waals surface area contributed by atoms with E-state index in [1.807, 2.05) is 21.1 Å². The van der Waals surface area contributed by atoms with Gasteiger partial charge < -0.3 is 33.3 Å². The number of hydrogen-bond acceptors (Lipinski definition) is 8. The van der Waals surface area contributed by atoms with Crippen LogP contribution in [-0.2, 0) is 33.3 Å². The van der Waals surface area contributed by atoms with Gasteiger partial charge in [-0.2, -0.15) is 0 Å². The largest absolute Gasteiger partial charge is 0.545 e. The van der Waals surface area contributed by atoms with E-state index in [0.717, 1.165) is 70.6 Å². The molecule has 0 aromatic rings. The lowest BCUT2D eigenvalue weighted by Crippen LogP contribution is -2.44. The van der Waals surface area contributed by atoms with Crippen molar-refractivity contribution in [3.05, 3.63) is 48.6 Å². The molecule has 0 aromatic heterocycles. The van der Waals surface area contributed by atoms with Crippen molar-refractivity contribution in [3.8, 4) is 0 Å². The minimum atomic E-state index is -1.62. The fraction of sp³-hybridized carbons (Fsp3) is 0.761. The van der Waals surface area contributed by atoms with Crippen molar-refractivity contribution >= 4 is 17.9 Å². The number of aliphatic carboxylic acids is 1. The molecule has 0 aromatic carbocycles. The van der Waals surface area contributed by atoms with Crippen LogP contribution >= 0.6 is 0 Å². The van der Waals surface area contributed by atoms with Gasteiger partial charge >= 0.3 is 11.9 Å². The highest BCUT2D eigenvalue weighted by Gasteiger charge is 2.21. The van der Waals surface area contributed by atoms with Crippen LogP contribution in [0.1, 0.15) is 168 Å². The van der Waals surface area contributed by atoms with Crippen molar-refractivity contribution in [1.29, 1.82) is 0 Å². The summed E-state index contributed by atoms with van der Waals surface area (Å²) in [4.78, 5) is 36.7. The van der Waals surface area contributed by atoms with Crippen LogP contribution in [0.3, 0.4) is 0 Å². The fourth-order valence-corrected chi connectivity index (χ4v) is 5.70.